The average Bonchev–Trinajstić information content (AvgIpc) is 3.13. The first-order valence-electron chi connectivity index (χ1n) is 13.1. The predicted molar refractivity (Wildman–Crippen MR) is 151 cm³/mol. The van der Waals surface area contributed by atoms with Crippen LogP contribution in [-0.4, -0.2) is 55.0 Å². The minimum Gasteiger partial charge on any atom is -0.407 e. The third-order valence-electron chi connectivity index (χ3n) is 7.36. The number of morpholine rings is 1. The molecule has 2 unspecified atom stereocenters. The number of amides is 1. The van der Waals surface area contributed by atoms with Crippen LogP contribution in [0.2, 0.25) is 0 Å². The van der Waals surface area contributed by atoms with Crippen LogP contribution in [-0.2, 0) is 14.3 Å². The number of nitrogens with zero attached hydrogens (tertiary/aromatic N) is 3. The molecule has 200 valence electrons. The monoisotopic (exact) mass is 533 g/mol. The standard InChI is InChI=1S/C30H27N7O3/c31-15-18-10-13-23(25(14-18)37-20-11-12-21(37)17-39-16-20)27(32)40-30(33)36-28-29(38)34-24-9-5-4-8-22(24)26(35-28)19-6-2-1-3-7-19/h1-10,13-14,20-21,28,32H,11-12,16-17H2,(H2,33,36)(H,34,38)/t20?,21?,28-/m1/s1. The Kier molecular flexibility index (Phi) is 6.72. The molecular formula is C30H27N7O3. The summed E-state index contributed by atoms with van der Waals surface area (Å²) in [7, 11) is 0. The minimum atomic E-state index is -1.17. The fraction of sp³-hybridized carbons (Fsp3) is 0.233. The molecule has 3 aliphatic heterocycles. The zero-order valence-electron chi connectivity index (χ0n) is 21.6. The Hall–Kier alpha value is -5.01. The third-order valence-corrected chi connectivity index (χ3v) is 7.36. The van der Waals surface area contributed by atoms with E-state index in [2.05, 4.69) is 26.6 Å². The van der Waals surface area contributed by atoms with E-state index >= 15 is 0 Å². The highest BCUT2D eigenvalue weighted by Crippen LogP contribution is 2.36. The fourth-order valence-corrected chi connectivity index (χ4v) is 5.52. The molecule has 0 aromatic heterocycles. The molecule has 3 heterocycles. The van der Waals surface area contributed by atoms with Gasteiger partial charge in [0.15, 0.2) is 0 Å². The van der Waals surface area contributed by atoms with E-state index in [1.54, 1.807) is 24.3 Å². The molecule has 6 rings (SSSR count). The first-order valence-corrected chi connectivity index (χ1v) is 13.1. The van der Waals surface area contributed by atoms with Crippen LogP contribution < -0.4 is 15.5 Å². The molecule has 3 aromatic carbocycles. The largest absolute Gasteiger partial charge is 0.407 e. The van der Waals surface area contributed by atoms with E-state index < -0.39 is 18.1 Å². The quantitative estimate of drug-likeness (QED) is 0.298. The van der Waals surface area contributed by atoms with Crippen molar-refractivity contribution in [1.29, 1.82) is 16.1 Å². The molecule has 2 bridgehead atoms. The number of aliphatic imine (C=N–C) groups is 1. The number of nitrogens with one attached hydrogen (secondary N) is 4. The summed E-state index contributed by atoms with van der Waals surface area (Å²) in [6, 6.07) is 23.9. The van der Waals surface area contributed by atoms with Gasteiger partial charge in [-0.3, -0.25) is 15.6 Å². The molecule has 2 saturated heterocycles. The van der Waals surface area contributed by atoms with Crippen molar-refractivity contribution in [1.82, 2.24) is 5.32 Å². The lowest BCUT2D eigenvalue weighted by molar-refractivity contribution is -0.117. The van der Waals surface area contributed by atoms with Gasteiger partial charge in [-0.15, -0.1) is 0 Å². The van der Waals surface area contributed by atoms with Gasteiger partial charge >= 0.3 is 0 Å². The fourth-order valence-electron chi connectivity index (χ4n) is 5.52. The Morgan fingerprint density at radius 1 is 1.05 bits per heavy atom. The van der Waals surface area contributed by atoms with Crippen molar-refractivity contribution in [3.05, 3.63) is 95.1 Å². The highest BCUT2D eigenvalue weighted by atomic mass is 16.5. The Bertz CT molecular complexity index is 1550. The van der Waals surface area contributed by atoms with Gasteiger partial charge in [-0.25, -0.2) is 4.99 Å². The topological polar surface area (TPSA) is 147 Å². The van der Waals surface area contributed by atoms with Crippen LogP contribution in [0.5, 0.6) is 0 Å². The number of carbonyl (C=O) groups is 1. The molecule has 1 amide bonds. The molecule has 10 nitrogen and oxygen atoms in total. The number of anilines is 2. The van der Waals surface area contributed by atoms with Gasteiger partial charge in [0.2, 0.25) is 12.1 Å². The van der Waals surface area contributed by atoms with E-state index in [1.807, 2.05) is 48.5 Å². The highest BCUT2D eigenvalue weighted by molar-refractivity contribution is 6.19. The van der Waals surface area contributed by atoms with Gasteiger partial charge in [0.1, 0.15) is 0 Å². The van der Waals surface area contributed by atoms with Crippen molar-refractivity contribution in [2.24, 2.45) is 4.99 Å². The molecule has 0 radical (unpaired) electrons. The SMILES string of the molecule is N#Cc1ccc(C(=N)OC(=N)N[C@H]2N=C(c3ccccc3)c3ccccc3NC2=O)c(N2C3CCC2COC3)c1. The summed E-state index contributed by atoms with van der Waals surface area (Å²) in [6.07, 6.45) is 0.763. The molecule has 0 saturated carbocycles. The van der Waals surface area contributed by atoms with Gasteiger partial charge in [0, 0.05) is 11.1 Å². The third kappa shape index (κ3) is 4.79. The summed E-state index contributed by atoms with van der Waals surface area (Å²) in [6.45, 7) is 1.17. The minimum absolute atomic E-state index is 0.152. The summed E-state index contributed by atoms with van der Waals surface area (Å²) in [5.74, 6) is -0.727. The van der Waals surface area contributed by atoms with Crippen LogP contribution in [0, 0.1) is 22.1 Å². The molecular weight excluding hydrogens is 506 g/mol. The first kappa shape index (κ1) is 25.3. The van der Waals surface area contributed by atoms with Gasteiger partial charge in [0.05, 0.1) is 59.6 Å². The zero-order valence-corrected chi connectivity index (χ0v) is 21.6. The number of nitriles is 1. The molecule has 0 aliphatic carbocycles. The maximum absolute atomic E-state index is 13.1. The number of amidine groups is 1. The van der Waals surface area contributed by atoms with Crippen LogP contribution in [0.25, 0.3) is 0 Å². The molecule has 3 atom stereocenters. The number of benzene rings is 3. The van der Waals surface area contributed by atoms with E-state index in [0.29, 0.717) is 41.4 Å². The lowest BCUT2D eigenvalue weighted by Crippen LogP contribution is -2.47. The molecule has 0 spiro atoms. The first-order chi connectivity index (χ1) is 19.5. The zero-order chi connectivity index (χ0) is 27.6. The Labute approximate surface area is 231 Å². The smallest absolute Gasteiger partial charge is 0.290 e. The summed E-state index contributed by atoms with van der Waals surface area (Å²) in [4.78, 5) is 20.0. The lowest BCUT2D eigenvalue weighted by Gasteiger charge is -2.37. The Morgan fingerprint density at radius 3 is 2.52 bits per heavy atom. The Morgan fingerprint density at radius 2 is 1.77 bits per heavy atom. The van der Waals surface area contributed by atoms with Crippen molar-refractivity contribution in [3.63, 3.8) is 0 Å². The molecule has 3 aliphatic rings. The van der Waals surface area contributed by atoms with E-state index in [0.717, 1.165) is 24.0 Å². The number of carbonyl (C=O) groups excluding carboxylic acids is 1. The Balaban J connectivity index is 1.25. The molecule has 10 heteroatoms. The van der Waals surface area contributed by atoms with Gasteiger partial charge in [0.25, 0.3) is 11.9 Å². The molecule has 2 fully saturated rings. The maximum Gasteiger partial charge on any atom is 0.290 e. The average molecular weight is 534 g/mol. The van der Waals surface area contributed by atoms with Crippen molar-refractivity contribution >= 4 is 34.9 Å². The second kappa shape index (κ2) is 10.6. The van der Waals surface area contributed by atoms with E-state index in [1.165, 1.54) is 0 Å². The van der Waals surface area contributed by atoms with E-state index in [-0.39, 0.29) is 18.0 Å². The highest BCUT2D eigenvalue weighted by Gasteiger charge is 2.39. The molecule has 40 heavy (non-hydrogen) atoms. The maximum atomic E-state index is 13.1. The van der Waals surface area contributed by atoms with Crippen molar-refractivity contribution in [2.75, 3.05) is 23.4 Å². The van der Waals surface area contributed by atoms with Crippen LogP contribution in [0.15, 0.2) is 77.8 Å². The summed E-state index contributed by atoms with van der Waals surface area (Å²) < 4.78 is 11.3. The van der Waals surface area contributed by atoms with Crippen LogP contribution in [0.1, 0.15) is 35.1 Å². The number of benzodiazepines with no additional fused rings is 1. The number of ether oxygens (including phenoxy) is 2. The normalized spacial score (nSPS) is 21.3. The lowest BCUT2D eigenvalue weighted by atomic mass is 10.0. The van der Waals surface area contributed by atoms with E-state index in [9.17, 15) is 10.1 Å². The van der Waals surface area contributed by atoms with Gasteiger partial charge < -0.3 is 25.0 Å². The van der Waals surface area contributed by atoms with Crippen LogP contribution >= 0.6 is 0 Å². The molecule has 3 aromatic rings. The number of hydrogen-bond acceptors (Lipinski definition) is 8. The molecule has 4 N–H and O–H groups in total. The van der Waals surface area contributed by atoms with Gasteiger partial charge in [-0.2, -0.15) is 5.26 Å². The number of fused-ring (bicyclic) bond motifs is 3. The van der Waals surface area contributed by atoms with Gasteiger partial charge in [-0.05, 0) is 37.1 Å². The second-order valence-electron chi connectivity index (χ2n) is 9.86. The number of hydrogen-bond donors (Lipinski definition) is 4. The van der Waals surface area contributed by atoms with Crippen molar-refractivity contribution < 1.29 is 14.3 Å². The van der Waals surface area contributed by atoms with Crippen LogP contribution in [0.3, 0.4) is 0 Å². The van der Waals surface area contributed by atoms with E-state index in [4.69, 9.17) is 20.3 Å². The summed E-state index contributed by atoms with van der Waals surface area (Å²) in [5.41, 5.74) is 4.42. The van der Waals surface area contributed by atoms with Crippen molar-refractivity contribution in [2.45, 2.75) is 31.1 Å². The number of rotatable bonds is 4. The van der Waals surface area contributed by atoms with Gasteiger partial charge in [-0.1, -0.05) is 48.5 Å². The summed E-state index contributed by atoms with van der Waals surface area (Å²) >= 11 is 0. The summed E-state index contributed by atoms with van der Waals surface area (Å²) in [5, 5.41) is 32.3. The van der Waals surface area contributed by atoms with Crippen molar-refractivity contribution in [3.8, 4) is 6.07 Å². The predicted octanol–water partition coefficient (Wildman–Crippen LogP) is 3.61. The number of para-hydroxylation sites is 1. The van der Waals surface area contributed by atoms with Crippen LogP contribution in [0.4, 0.5) is 11.4 Å². The second-order valence-corrected chi connectivity index (χ2v) is 9.86.